The van der Waals surface area contributed by atoms with Crippen LogP contribution >= 0.6 is 22.8 Å². The highest BCUT2D eigenvalue weighted by Crippen LogP contribution is 2.31. The molecule has 0 saturated heterocycles. The Bertz CT molecular complexity index is 272. The summed E-state index contributed by atoms with van der Waals surface area (Å²) in [6.45, 7) is 2.04. The average molecular weight is 190 g/mol. The molecule has 1 unspecified atom stereocenters. The summed E-state index contributed by atoms with van der Waals surface area (Å²) in [4.78, 5) is 7.99. The third kappa shape index (κ3) is 1.28. The van der Waals surface area contributed by atoms with Crippen LogP contribution < -0.4 is 0 Å². The molecule has 2 rings (SSSR count). The predicted octanol–water partition coefficient (Wildman–Crippen LogP) is 1.37. The standard InChI is InChI=1S/C5H6N2O2S2/c1-2-10-5-7-4-6-3-8-11(4)9-5/h3H,2H2,1H3. The monoisotopic (exact) mass is 190 g/mol. The Kier molecular flexibility index (Phi) is 1.87. The zero-order valence-electron chi connectivity index (χ0n) is 5.81. The summed E-state index contributed by atoms with van der Waals surface area (Å²) in [5, 5.41) is 1.32. The van der Waals surface area contributed by atoms with Crippen molar-refractivity contribution < 1.29 is 8.37 Å². The van der Waals surface area contributed by atoms with Crippen molar-refractivity contribution in [2.24, 2.45) is 9.98 Å². The Labute approximate surface area is 71.0 Å². The average Bonchev–Trinajstić information content (AvgIpc) is 2.46. The van der Waals surface area contributed by atoms with Crippen LogP contribution in [0.3, 0.4) is 0 Å². The smallest absolute Gasteiger partial charge is 0.269 e. The van der Waals surface area contributed by atoms with Crippen LogP contribution in [0.5, 0.6) is 0 Å². The van der Waals surface area contributed by atoms with Crippen molar-refractivity contribution in [2.45, 2.75) is 6.92 Å². The molecule has 0 amide bonds. The van der Waals surface area contributed by atoms with Gasteiger partial charge in [0, 0.05) is 0 Å². The maximum Gasteiger partial charge on any atom is 0.269 e. The van der Waals surface area contributed by atoms with Crippen LogP contribution in [0.25, 0.3) is 0 Å². The summed E-state index contributed by atoms with van der Waals surface area (Å²) >= 11 is 0.926. The number of thioether (sulfide) groups is 1. The fourth-order valence-electron chi connectivity index (χ4n) is 0.656. The van der Waals surface area contributed by atoms with Gasteiger partial charge in [-0.25, -0.2) is 0 Å². The molecule has 0 fully saturated rings. The molecule has 2 aliphatic heterocycles. The SMILES string of the molecule is CCSC1=NC2=S(OC=N2)O1. The van der Waals surface area contributed by atoms with E-state index in [0.29, 0.717) is 10.3 Å². The Morgan fingerprint density at radius 3 is 3.36 bits per heavy atom. The molecular formula is C5H6N2O2S2. The van der Waals surface area contributed by atoms with Crippen molar-refractivity contribution in [3.8, 4) is 0 Å². The minimum atomic E-state index is -0.630. The van der Waals surface area contributed by atoms with Gasteiger partial charge in [-0.1, -0.05) is 18.7 Å². The zero-order chi connectivity index (χ0) is 7.68. The second kappa shape index (κ2) is 2.86. The van der Waals surface area contributed by atoms with Gasteiger partial charge in [0.05, 0.1) is 0 Å². The molecule has 0 aromatic rings. The van der Waals surface area contributed by atoms with Crippen LogP contribution in [0, 0.1) is 0 Å². The maximum atomic E-state index is 5.28. The number of aliphatic imine (C=N–C) groups is 2. The summed E-state index contributed by atoms with van der Waals surface area (Å²) in [6, 6.07) is 0. The maximum absolute atomic E-state index is 5.28. The van der Waals surface area contributed by atoms with Gasteiger partial charge in [-0.05, 0) is 5.75 Å². The molecule has 0 bridgehead atoms. The zero-order valence-corrected chi connectivity index (χ0v) is 7.44. The van der Waals surface area contributed by atoms with E-state index in [4.69, 9.17) is 8.37 Å². The fourth-order valence-corrected chi connectivity index (χ4v) is 2.26. The van der Waals surface area contributed by atoms with E-state index in [1.165, 1.54) is 6.40 Å². The van der Waals surface area contributed by atoms with Gasteiger partial charge in [-0.15, -0.1) is 0 Å². The fraction of sp³-hybridized carbons (Fsp3) is 0.400. The Morgan fingerprint density at radius 2 is 2.64 bits per heavy atom. The first-order valence-corrected chi connectivity index (χ1v) is 5.17. The number of nitrogens with zero attached hydrogens (tertiary/aromatic N) is 2. The highest BCUT2D eigenvalue weighted by molar-refractivity contribution is 8.17. The second-order valence-corrected chi connectivity index (χ2v) is 4.15. The van der Waals surface area contributed by atoms with E-state index in [1.54, 1.807) is 11.8 Å². The molecule has 2 aliphatic rings. The third-order valence-electron chi connectivity index (χ3n) is 1.04. The predicted molar refractivity (Wildman–Crippen MR) is 48.8 cm³/mol. The van der Waals surface area contributed by atoms with Crippen molar-refractivity contribution in [1.29, 1.82) is 0 Å². The van der Waals surface area contributed by atoms with E-state index in [-0.39, 0.29) is 0 Å². The van der Waals surface area contributed by atoms with E-state index in [9.17, 15) is 0 Å². The van der Waals surface area contributed by atoms with Crippen LogP contribution in [0.2, 0.25) is 0 Å². The van der Waals surface area contributed by atoms with Crippen LogP contribution in [0.1, 0.15) is 6.92 Å². The van der Waals surface area contributed by atoms with Gasteiger partial charge in [-0.2, -0.15) is 9.98 Å². The van der Waals surface area contributed by atoms with Gasteiger partial charge in [-0.3, -0.25) is 0 Å². The van der Waals surface area contributed by atoms with Gasteiger partial charge in [0.1, 0.15) is 0 Å². The lowest BCUT2D eigenvalue weighted by atomic mass is 11.0. The molecule has 0 radical (unpaired) electrons. The summed E-state index contributed by atoms with van der Waals surface area (Å²) in [7, 11) is 0. The van der Waals surface area contributed by atoms with Crippen molar-refractivity contribution in [1.82, 2.24) is 0 Å². The summed E-state index contributed by atoms with van der Waals surface area (Å²) in [5.41, 5.74) is 0. The number of hydrogen-bond acceptors (Lipinski definition) is 5. The first-order chi connectivity index (χ1) is 5.40. The first kappa shape index (κ1) is 7.17. The van der Waals surface area contributed by atoms with Crippen LogP contribution in [0.4, 0.5) is 0 Å². The Hall–Kier alpha value is -0.490. The minimum Gasteiger partial charge on any atom is -0.385 e. The first-order valence-electron chi connectivity index (χ1n) is 3.11. The second-order valence-electron chi connectivity index (χ2n) is 1.74. The van der Waals surface area contributed by atoms with E-state index >= 15 is 0 Å². The molecular weight excluding hydrogens is 184 g/mol. The molecule has 6 heteroatoms. The quantitative estimate of drug-likeness (QED) is 0.586. The molecule has 1 atom stereocenters. The van der Waals surface area contributed by atoms with E-state index in [0.717, 1.165) is 5.75 Å². The van der Waals surface area contributed by atoms with E-state index in [1.807, 2.05) is 6.92 Å². The molecule has 0 saturated carbocycles. The van der Waals surface area contributed by atoms with Gasteiger partial charge in [0.25, 0.3) is 10.3 Å². The lowest BCUT2D eigenvalue weighted by molar-refractivity contribution is 0.558. The summed E-state index contributed by atoms with van der Waals surface area (Å²) < 4.78 is 10.3. The molecule has 0 spiro atoms. The minimum absolute atomic E-state index is 0.630. The molecule has 0 N–H and O–H groups in total. The van der Waals surface area contributed by atoms with Crippen LogP contribution in [-0.4, -0.2) is 22.5 Å². The van der Waals surface area contributed by atoms with Crippen LogP contribution in [-0.2, 0) is 8.37 Å². The van der Waals surface area contributed by atoms with Crippen LogP contribution in [0.15, 0.2) is 9.98 Å². The molecule has 2 heterocycles. The number of rotatable bonds is 1. The van der Waals surface area contributed by atoms with Crippen molar-refractivity contribution in [3.05, 3.63) is 0 Å². The molecule has 11 heavy (non-hydrogen) atoms. The van der Waals surface area contributed by atoms with Gasteiger partial charge < -0.3 is 8.37 Å². The Balaban J connectivity index is 2.08. The van der Waals surface area contributed by atoms with E-state index < -0.39 is 11.0 Å². The summed E-state index contributed by atoms with van der Waals surface area (Å²) in [5.74, 6) is 0.951. The van der Waals surface area contributed by atoms with E-state index in [2.05, 4.69) is 9.98 Å². The van der Waals surface area contributed by atoms with Gasteiger partial charge in [0.15, 0.2) is 6.40 Å². The molecule has 4 nitrogen and oxygen atoms in total. The Morgan fingerprint density at radius 1 is 1.73 bits per heavy atom. The van der Waals surface area contributed by atoms with Gasteiger partial charge in [0.2, 0.25) is 11.0 Å². The molecule has 60 valence electrons. The topological polar surface area (TPSA) is 43.2 Å². The normalized spacial score (nSPS) is 26.1. The summed E-state index contributed by atoms with van der Waals surface area (Å²) in [6.07, 6.45) is 1.37. The molecule has 0 aromatic carbocycles. The third-order valence-corrected chi connectivity index (χ3v) is 2.93. The van der Waals surface area contributed by atoms with Crippen molar-refractivity contribution in [2.75, 3.05) is 5.75 Å². The number of hydrogen-bond donors (Lipinski definition) is 0. The molecule has 0 aliphatic carbocycles. The lowest BCUT2D eigenvalue weighted by Crippen LogP contribution is -1.92. The molecule has 0 aromatic heterocycles. The lowest BCUT2D eigenvalue weighted by Gasteiger charge is -1.99. The van der Waals surface area contributed by atoms with Crippen molar-refractivity contribution >= 4 is 39.6 Å². The largest absolute Gasteiger partial charge is 0.385 e. The highest BCUT2D eigenvalue weighted by Gasteiger charge is 2.22. The van der Waals surface area contributed by atoms with Gasteiger partial charge >= 0.3 is 0 Å². The highest BCUT2D eigenvalue weighted by atomic mass is 32.2. The van der Waals surface area contributed by atoms with Crippen molar-refractivity contribution in [3.63, 3.8) is 0 Å².